The van der Waals surface area contributed by atoms with Gasteiger partial charge < -0.3 is 11.1 Å². The van der Waals surface area contributed by atoms with Crippen molar-refractivity contribution in [2.75, 3.05) is 6.54 Å². The van der Waals surface area contributed by atoms with Gasteiger partial charge in [-0.2, -0.15) is 0 Å². The molecular weight excluding hydrogens is 248 g/mol. The minimum atomic E-state index is -0.406. The molecule has 4 aliphatic rings. The van der Waals surface area contributed by atoms with Crippen LogP contribution < -0.4 is 11.1 Å². The van der Waals surface area contributed by atoms with Crippen LogP contribution in [-0.4, -0.2) is 18.5 Å². The average Bonchev–Trinajstić information content (AvgIpc) is 2.32. The molecule has 4 rings (SSSR count). The summed E-state index contributed by atoms with van der Waals surface area (Å²) in [4.78, 5) is 12.2. The van der Waals surface area contributed by atoms with E-state index in [-0.39, 0.29) is 11.3 Å². The van der Waals surface area contributed by atoms with Gasteiger partial charge in [0.05, 0.1) is 6.04 Å². The Hall–Kier alpha value is -0.570. The Morgan fingerprint density at radius 1 is 1.15 bits per heavy atom. The van der Waals surface area contributed by atoms with Gasteiger partial charge in [-0.05, 0) is 67.1 Å². The minimum Gasteiger partial charge on any atom is -0.354 e. The third kappa shape index (κ3) is 2.61. The highest BCUT2D eigenvalue weighted by Crippen LogP contribution is 2.59. The molecule has 3 heteroatoms. The van der Waals surface area contributed by atoms with Crippen LogP contribution in [-0.2, 0) is 4.79 Å². The topological polar surface area (TPSA) is 55.1 Å². The van der Waals surface area contributed by atoms with E-state index in [0.717, 1.165) is 24.3 Å². The van der Waals surface area contributed by atoms with Crippen LogP contribution in [0.15, 0.2) is 0 Å². The summed E-state index contributed by atoms with van der Waals surface area (Å²) in [5.41, 5.74) is 6.30. The van der Waals surface area contributed by atoms with Gasteiger partial charge in [0.15, 0.2) is 0 Å². The van der Waals surface area contributed by atoms with Crippen molar-refractivity contribution in [3.63, 3.8) is 0 Å². The Morgan fingerprint density at radius 3 is 2.00 bits per heavy atom. The Labute approximate surface area is 123 Å². The largest absolute Gasteiger partial charge is 0.354 e. The average molecular weight is 278 g/mol. The summed E-state index contributed by atoms with van der Waals surface area (Å²) >= 11 is 0. The molecule has 0 radical (unpaired) electrons. The highest BCUT2D eigenvalue weighted by atomic mass is 16.2. The van der Waals surface area contributed by atoms with E-state index >= 15 is 0 Å². The monoisotopic (exact) mass is 278 g/mol. The number of carbonyl (C=O) groups is 1. The summed E-state index contributed by atoms with van der Waals surface area (Å²) in [7, 11) is 0. The number of hydrogen-bond donors (Lipinski definition) is 2. The van der Waals surface area contributed by atoms with Gasteiger partial charge in [0.1, 0.15) is 0 Å². The van der Waals surface area contributed by atoms with Gasteiger partial charge in [-0.1, -0.05) is 20.8 Å². The standard InChI is InChI=1S/C17H30N2O/c1-16(2,3)14(18)15(20)19-10-17-7-11-4-12(8-17)6-13(5-11)9-17/h11-14H,4-10,18H2,1-3H3,(H,19,20)/t11?,12?,13?,14-,17?/m1/s1. The van der Waals surface area contributed by atoms with Crippen molar-refractivity contribution in [3.05, 3.63) is 0 Å². The lowest BCUT2D eigenvalue weighted by Crippen LogP contribution is -2.54. The highest BCUT2D eigenvalue weighted by molar-refractivity contribution is 5.82. The van der Waals surface area contributed by atoms with Crippen molar-refractivity contribution >= 4 is 5.91 Å². The SMILES string of the molecule is CC(C)(C)[C@H](N)C(=O)NCC12CC3CC(CC(C3)C1)C2. The van der Waals surface area contributed by atoms with Crippen molar-refractivity contribution in [2.45, 2.75) is 65.3 Å². The van der Waals surface area contributed by atoms with Crippen LogP contribution in [0.5, 0.6) is 0 Å². The highest BCUT2D eigenvalue weighted by Gasteiger charge is 2.50. The first-order valence-corrected chi connectivity index (χ1v) is 8.31. The van der Waals surface area contributed by atoms with E-state index in [9.17, 15) is 4.79 Å². The molecule has 1 amide bonds. The number of amides is 1. The molecule has 4 saturated carbocycles. The molecule has 20 heavy (non-hydrogen) atoms. The molecule has 0 spiro atoms. The van der Waals surface area contributed by atoms with Gasteiger partial charge in [0.2, 0.25) is 5.91 Å². The van der Waals surface area contributed by atoms with E-state index in [1.165, 1.54) is 38.5 Å². The van der Waals surface area contributed by atoms with Crippen molar-refractivity contribution in [2.24, 2.45) is 34.3 Å². The van der Waals surface area contributed by atoms with Crippen molar-refractivity contribution in [3.8, 4) is 0 Å². The van der Waals surface area contributed by atoms with Crippen LogP contribution in [0, 0.1) is 28.6 Å². The zero-order chi connectivity index (χ0) is 14.5. The van der Waals surface area contributed by atoms with E-state index in [1.54, 1.807) is 0 Å². The summed E-state index contributed by atoms with van der Waals surface area (Å²) in [6, 6.07) is -0.406. The van der Waals surface area contributed by atoms with Crippen molar-refractivity contribution < 1.29 is 4.79 Å². The Balaban J connectivity index is 1.60. The number of carbonyl (C=O) groups excluding carboxylic acids is 1. The first kappa shape index (κ1) is 14.4. The maximum atomic E-state index is 12.2. The fourth-order valence-corrected chi connectivity index (χ4v) is 5.28. The lowest BCUT2D eigenvalue weighted by atomic mass is 9.49. The third-order valence-corrected chi connectivity index (χ3v) is 6.02. The van der Waals surface area contributed by atoms with Crippen LogP contribution in [0.1, 0.15) is 59.3 Å². The number of nitrogens with one attached hydrogen (secondary N) is 1. The van der Waals surface area contributed by atoms with Crippen molar-refractivity contribution in [1.82, 2.24) is 5.32 Å². The van der Waals surface area contributed by atoms with Gasteiger partial charge in [-0.15, -0.1) is 0 Å². The number of rotatable bonds is 3. The van der Waals surface area contributed by atoms with Gasteiger partial charge in [0, 0.05) is 6.54 Å². The lowest BCUT2D eigenvalue weighted by molar-refractivity contribution is -0.126. The van der Waals surface area contributed by atoms with Gasteiger partial charge in [0.25, 0.3) is 0 Å². The quantitative estimate of drug-likeness (QED) is 0.834. The normalized spacial score (nSPS) is 40.7. The van der Waals surface area contributed by atoms with Crippen LogP contribution in [0.4, 0.5) is 0 Å². The van der Waals surface area contributed by atoms with Gasteiger partial charge in [-0.25, -0.2) is 0 Å². The fraction of sp³-hybridized carbons (Fsp3) is 0.941. The zero-order valence-corrected chi connectivity index (χ0v) is 13.2. The molecule has 0 heterocycles. The number of hydrogen-bond acceptors (Lipinski definition) is 2. The predicted molar refractivity (Wildman–Crippen MR) is 81.0 cm³/mol. The molecule has 0 saturated heterocycles. The molecule has 0 aromatic heterocycles. The summed E-state index contributed by atoms with van der Waals surface area (Å²) in [6.07, 6.45) is 8.37. The molecule has 0 aromatic rings. The van der Waals surface area contributed by atoms with Gasteiger partial charge in [-0.3, -0.25) is 4.79 Å². The van der Waals surface area contributed by atoms with Crippen LogP contribution in [0.3, 0.4) is 0 Å². The van der Waals surface area contributed by atoms with Crippen LogP contribution >= 0.6 is 0 Å². The molecule has 0 aliphatic heterocycles. The molecule has 3 N–H and O–H groups in total. The third-order valence-electron chi connectivity index (χ3n) is 6.02. The smallest absolute Gasteiger partial charge is 0.237 e. The first-order chi connectivity index (χ1) is 9.27. The Bertz CT molecular complexity index is 361. The lowest BCUT2D eigenvalue weighted by Gasteiger charge is -2.57. The number of nitrogens with two attached hydrogens (primary N) is 1. The molecular formula is C17H30N2O. The first-order valence-electron chi connectivity index (χ1n) is 8.31. The molecule has 0 unspecified atom stereocenters. The minimum absolute atomic E-state index is 0.0354. The molecule has 4 fully saturated rings. The molecule has 114 valence electrons. The van der Waals surface area contributed by atoms with Crippen molar-refractivity contribution in [1.29, 1.82) is 0 Å². The summed E-state index contributed by atoms with van der Waals surface area (Å²) < 4.78 is 0. The van der Waals surface area contributed by atoms with Crippen LogP contribution in [0.25, 0.3) is 0 Å². The maximum Gasteiger partial charge on any atom is 0.237 e. The zero-order valence-electron chi connectivity index (χ0n) is 13.2. The summed E-state index contributed by atoms with van der Waals surface area (Å²) in [5, 5.41) is 3.18. The van der Waals surface area contributed by atoms with Gasteiger partial charge >= 0.3 is 0 Å². The summed E-state index contributed by atoms with van der Waals surface area (Å²) in [5.74, 6) is 2.85. The van der Waals surface area contributed by atoms with E-state index in [1.807, 2.05) is 20.8 Å². The molecule has 0 aromatic carbocycles. The molecule has 3 nitrogen and oxygen atoms in total. The molecule has 4 aliphatic carbocycles. The van der Waals surface area contributed by atoms with E-state index in [2.05, 4.69) is 5.32 Å². The maximum absolute atomic E-state index is 12.2. The molecule has 4 bridgehead atoms. The Kier molecular flexibility index (Phi) is 3.39. The van der Waals surface area contributed by atoms with E-state index < -0.39 is 6.04 Å². The second-order valence-corrected chi connectivity index (χ2v) is 8.98. The summed E-state index contributed by atoms with van der Waals surface area (Å²) in [6.45, 7) is 6.95. The second-order valence-electron chi connectivity index (χ2n) is 8.98. The van der Waals surface area contributed by atoms with E-state index in [4.69, 9.17) is 5.73 Å². The Morgan fingerprint density at radius 2 is 1.60 bits per heavy atom. The van der Waals surface area contributed by atoms with Crippen LogP contribution in [0.2, 0.25) is 0 Å². The predicted octanol–water partition coefficient (Wildman–Crippen LogP) is 2.69. The van der Waals surface area contributed by atoms with E-state index in [0.29, 0.717) is 5.41 Å². The molecule has 1 atom stereocenters. The fourth-order valence-electron chi connectivity index (χ4n) is 5.28. The second kappa shape index (κ2) is 4.72.